The topological polar surface area (TPSA) is 137 Å². The third-order valence-corrected chi connectivity index (χ3v) is 4.46. The zero-order valence-electron chi connectivity index (χ0n) is 16.8. The fourth-order valence-corrected chi connectivity index (χ4v) is 2.85. The Morgan fingerprint density at radius 2 is 1.47 bits per heavy atom. The summed E-state index contributed by atoms with van der Waals surface area (Å²) in [4.78, 5) is 36.8. The lowest BCUT2D eigenvalue weighted by molar-refractivity contribution is -0.128. The van der Waals surface area contributed by atoms with Gasteiger partial charge < -0.3 is 26.8 Å². The van der Waals surface area contributed by atoms with Gasteiger partial charge in [0.25, 0.3) is 0 Å². The molecular formula is C22H28N4O4. The highest BCUT2D eigenvalue weighted by atomic mass is 16.5. The molecule has 8 nitrogen and oxygen atoms in total. The van der Waals surface area contributed by atoms with Gasteiger partial charge in [-0.3, -0.25) is 9.59 Å². The standard InChI is InChI=1S/C22H28N4O4/c23-13-7-12-18(20(24)27)25-21(28)19(14-16-8-3-1-4-9-16)26-22(29)30-15-17-10-5-2-6-11-17/h1-6,8-11,18-19H,7,12-15,23H2,(H2,24,27)(H,25,28)(H,26,29)/t18-,19-/m0/s1. The number of ether oxygens (including phenoxy) is 1. The maximum atomic E-state index is 12.8. The largest absolute Gasteiger partial charge is 0.445 e. The second kappa shape index (κ2) is 12.2. The molecule has 0 saturated heterocycles. The molecule has 8 heteroatoms. The number of amides is 3. The molecule has 30 heavy (non-hydrogen) atoms. The maximum Gasteiger partial charge on any atom is 0.408 e. The van der Waals surface area contributed by atoms with Crippen molar-refractivity contribution in [3.05, 3.63) is 71.8 Å². The Kier molecular flexibility index (Phi) is 9.33. The van der Waals surface area contributed by atoms with Crippen LogP contribution in [0, 0.1) is 0 Å². The van der Waals surface area contributed by atoms with Gasteiger partial charge in [0.1, 0.15) is 18.7 Å². The first-order chi connectivity index (χ1) is 14.5. The van der Waals surface area contributed by atoms with Crippen molar-refractivity contribution >= 4 is 17.9 Å². The summed E-state index contributed by atoms with van der Waals surface area (Å²) in [5.74, 6) is -1.17. The van der Waals surface area contributed by atoms with Crippen molar-refractivity contribution in [3.8, 4) is 0 Å². The molecule has 2 aromatic rings. The summed E-state index contributed by atoms with van der Waals surface area (Å²) < 4.78 is 5.23. The lowest BCUT2D eigenvalue weighted by Crippen LogP contribution is -2.53. The van der Waals surface area contributed by atoms with E-state index >= 15 is 0 Å². The number of hydrogen-bond acceptors (Lipinski definition) is 5. The van der Waals surface area contributed by atoms with Gasteiger partial charge in [0, 0.05) is 6.42 Å². The van der Waals surface area contributed by atoms with Gasteiger partial charge in [-0.25, -0.2) is 4.79 Å². The number of benzene rings is 2. The Bertz CT molecular complexity index is 814. The fourth-order valence-electron chi connectivity index (χ4n) is 2.85. The van der Waals surface area contributed by atoms with Gasteiger partial charge in [0.05, 0.1) is 0 Å². The highest BCUT2D eigenvalue weighted by Crippen LogP contribution is 2.06. The third kappa shape index (κ3) is 7.92. The summed E-state index contributed by atoms with van der Waals surface area (Å²) >= 11 is 0. The average Bonchev–Trinajstić information content (AvgIpc) is 2.76. The minimum atomic E-state index is -0.935. The Hall–Kier alpha value is -3.39. The summed E-state index contributed by atoms with van der Waals surface area (Å²) in [6, 6.07) is 16.6. The Labute approximate surface area is 176 Å². The number of alkyl carbamates (subject to hydrolysis) is 1. The van der Waals surface area contributed by atoms with E-state index in [2.05, 4.69) is 10.6 Å². The summed E-state index contributed by atoms with van der Waals surface area (Å²) in [6.07, 6.45) is 0.361. The first kappa shape index (κ1) is 22.9. The molecule has 0 saturated carbocycles. The van der Waals surface area contributed by atoms with Crippen molar-refractivity contribution in [1.82, 2.24) is 10.6 Å². The van der Waals surface area contributed by atoms with Crippen molar-refractivity contribution < 1.29 is 19.1 Å². The summed E-state index contributed by atoms with van der Waals surface area (Å²) in [5.41, 5.74) is 12.5. The number of nitrogens with two attached hydrogens (primary N) is 2. The van der Waals surface area contributed by atoms with Crippen molar-refractivity contribution in [2.75, 3.05) is 6.54 Å². The van der Waals surface area contributed by atoms with Crippen LogP contribution in [0.1, 0.15) is 24.0 Å². The number of hydrogen-bond donors (Lipinski definition) is 4. The minimum absolute atomic E-state index is 0.0762. The molecule has 160 valence electrons. The molecule has 0 spiro atoms. The van der Waals surface area contributed by atoms with Crippen LogP contribution in [0.4, 0.5) is 4.79 Å². The number of carbonyl (C=O) groups is 3. The number of nitrogens with one attached hydrogen (secondary N) is 2. The Morgan fingerprint density at radius 3 is 2.03 bits per heavy atom. The van der Waals surface area contributed by atoms with Gasteiger partial charge in [0.2, 0.25) is 11.8 Å². The summed E-state index contributed by atoms with van der Waals surface area (Å²) in [6.45, 7) is 0.448. The van der Waals surface area contributed by atoms with E-state index in [0.29, 0.717) is 19.4 Å². The number of primary amides is 1. The Morgan fingerprint density at radius 1 is 0.867 bits per heavy atom. The van der Waals surface area contributed by atoms with E-state index in [1.54, 1.807) is 0 Å². The molecule has 2 aromatic carbocycles. The second-order valence-electron chi connectivity index (χ2n) is 6.84. The van der Waals surface area contributed by atoms with Crippen molar-refractivity contribution in [2.24, 2.45) is 11.5 Å². The van der Waals surface area contributed by atoms with Gasteiger partial charge in [0.15, 0.2) is 0 Å². The van der Waals surface area contributed by atoms with Gasteiger partial charge in [-0.15, -0.1) is 0 Å². The highest BCUT2D eigenvalue weighted by Gasteiger charge is 2.26. The average molecular weight is 412 g/mol. The monoisotopic (exact) mass is 412 g/mol. The molecule has 2 rings (SSSR count). The maximum absolute atomic E-state index is 12.8. The van der Waals surface area contributed by atoms with Gasteiger partial charge in [-0.2, -0.15) is 0 Å². The third-order valence-electron chi connectivity index (χ3n) is 4.46. The van der Waals surface area contributed by atoms with Crippen LogP contribution in [0.5, 0.6) is 0 Å². The van der Waals surface area contributed by atoms with Gasteiger partial charge in [-0.1, -0.05) is 60.7 Å². The van der Waals surface area contributed by atoms with E-state index in [9.17, 15) is 14.4 Å². The van der Waals surface area contributed by atoms with E-state index in [4.69, 9.17) is 16.2 Å². The molecule has 0 aliphatic rings. The van der Waals surface area contributed by atoms with Crippen LogP contribution in [0.15, 0.2) is 60.7 Å². The predicted octanol–water partition coefficient (Wildman–Crippen LogP) is 1.23. The van der Waals surface area contributed by atoms with Gasteiger partial charge >= 0.3 is 6.09 Å². The summed E-state index contributed by atoms with van der Waals surface area (Å²) in [5, 5.41) is 5.20. The smallest absolute Gasteiger partial charge is 0.408 e. The molecule has 0 unspecified atom stereocenters. The van der Waals surface area contributed by atoms with Crippen LogP contribution in [-0.4, -0.2) is 36.5 Å². The zero-order chi connectivity index (χ0) is 21.8. The summed E-state index contributed by atoms with van der Waals surface area (Å²) in [7, 11) is 0. The van der Waals surface area contributed by atoms with Crippen molar-refractivity contribution in [3.63, 3.8) is 0 Å². The number of rotatable bonds is 11. The highest BCUT2D eigenvalue weighted by molar-refractivity contribution is 5.90. The Balaban J connectivity index is 2.04. The number of carbonyl (C=O) groups excluding carboxylic acids is 3. The zero-order valence-corrected chi connectivity index (χ0v) is 16.8. The predicted molar refractivity (Wildman–Crippen MR) is 113 cm³/mol. The lowest BCUT2D eigenvalue weighted by Gasteiger charge is -2.22. The van der Waals surface area contributed by atoms with Crippen LogP contribution in [-0.2, 0) is 27.4 Å². The van der Waals surface area contributed by atoms with E-state index in [0.717, 1.165) is 11.1 Å². The molecule has 0 aliphatic carbocycles. The van der Waals surface area contributed by atoms with E-state index in [1.807, 2.05) is 60.7 Å². The molecule has 2 atom stereocenters. The molecule has 6 N–H and O–H groups in total. The molecule has 0 aromatic heterocycles. The van der Waals surface area contributed by atoms with Crippen molar-refractivity contribution in [2.45, 2.75) is 38.0 Å². The van der Waals surface area contributed by atoms with Crippen LogP contribution >= 0.6 is 0 Å². The normalized spacial score (nSPS) is 12.4. The van der Waals surface area contributed by atoms with Crippen LogP contribution in [0.25, 0.3) is 0 Å². The van der Waals surface area contributed by atoms with E-state index in [-0.39, 0.29) is 13.0 Å². The first-order valence-electron chi connectivity index (χ1n) is 9.80. The van der Waals surface area contributed by atoms with Crippen LogP contribution < -0.4 is 22.1 Å². The minimum Gasteiger partial charge on any atom is -0.445 e. The quantitative estimate of drug-likeness (QED) is 0.440. The van der Waals surface area contributed by atoms with Crippen LogP contribution in [0.2, 0.25) is 0 Å². The second-order valence-corrected chi connectivity index (χ2v) is 6.84. The van der Waals surface area contributed by atoms with E-state index in [1.165, 1.54) is 0 Å². The molecule has 0 heterocycles. The van der Waals surface area contributed by atoms with E-state index < -0.39 is 30.0 Å². The van der Waals surface area contributed by atoms with Crippen LogP contribution in [0.3, 0.4) is 0 Å². The molecule has 0 bridgehead atoms. The lowest BCUT2D eigenvalue weighted by atomic mass is 10.0. The molecule has 0 radical (unpaired) electrons. The molecule has 3 amide bonds. The first-order valence-corrected chi connectivity index (χ1v) is 9.80. The van der Waals surface area contributed by atoms with Crippen molar-refractivity contribution in [1.29, 1.82) is 0 Å². The van der Waals surface area contributed by atoms with Gasteiger partial charge in [-0.05, 0) is 30.5 Å². The molecule has 0 fully saturated rings. The molecule has 0 aliphatic heterocycles. The molecular weight excluding hydrogens is 384 g/mol. The SMILES string of the molecule is NCCC[C@H](NC(=O)[C@H](Cc1ccccc1)NC(=O)OCc1ccccc1)C(N)=O. The fraction of sp³-hybridized carbons (Fsp3) is 0.318.